The van der Waals surface area contributed by atoms with E-state index < -0.39 is 108 Å². The number of aryl methyl sites for hydroxylation is 1. The molecule has 59 heavy (non-hydrogen) atoms. The third-order valence-electron chi connectivity index (χ3n) is 11.1. The molecule has 2 aliphatic carbocycles. The minimum absolute atomic E-state index is 0.0633. The van der Waals surface area contributed by atoms with Crippen LogP contribution >= 0.6 is 0 Å². The Balaban J connectivity index is 1.41. The Morgan fingerprint density at radius 1 is 0.407 bits per heavy atom. The molecule has 16 nitrogen and oxygen atoms in total. The number of hydrogen-bond donors (Lipinski definition) is 15. The van der Waals surface area contributed by atoms with Crippen molar-refractivity contribution in [1.82, 2.24) is 0 Å². The van der Waals surface area contributed by atoms with E-state index in [0.29, 0.717) is 44.9 Å². The molecule has 0 radical (unpaired) electrons. The number of allylic oxidation sites excluding steroid dienone is 1. The van der Waals surface area contributed by atoms with Crippen molar-refractivity contribution in [2.75, 3.05) is 0 Å². The van der Waals surface area contributed by atoms with Gasteiger partial charge in [0.15, 0.2) is 51.6 Å². The Morgan fingerprint density at radius 3 is 1.53 bits per heavy atom. The molecule has 7 aromatic rings. The summed E-state index contributed by atoms with van der Waals surface area (Å²) in [5.74, 6) is -16.7. The van der Waals surface area contributed by atoms with Gasteiger partial charge in [-0.15, -0.1) is 0 Å². The minimum Gasteiger partial charge on any atom is -0.504 e. The molecule has 2 aliphatic rings. The molecule has 0 amide bonds. The van der Waals surface area contributed by atoms with Gasteiger partial charge in [-0.05, 0) is 51.6 Å². The zero-order valence-electron chi connectivity index (χ0n) is 29.9. The van der Waals surface area contributed by atoms with Gasteiger partial charge in [0.2, 0.25) is 40.2 Å². The smallest absolute Gasteiger partial charge is 0.208 e. The van der Waals surface area contributed by atoms with E-state index in [4.69, 9.17) is 4.42 Å². The molecule has 0 atom stereocenters. The first-order chi connectivity index (χ1) is 28.1. The maximum absolute atomic E-state index is 11.7. The molecule has 0 aliphatic heterocycles. The first-order valence-electron chi connectivity index (χ1n) is 17.7. The largest absolute Gasteiger partial charge is 0.504 e. The van der Waals surface area contributed by atoms with Crippen LogP contribution in [0.4, 0.5) is 0 Å². The van der Waals surface area contributed by atoms with Crippen LogP contribution in [0.3, 0.4) is 0 Å². The van der Waals surface area contributed by atoms with Crippen molar-refractivity contribution in [2.45, 2.75) is 19.3 Å². The zero-order valence-corrected chi connectivity index (χ0v) is 29.9. The lowest BCUT2D eigenvalue weighted by molar-refractivity contribution is 0.329. The molecule has 0 saturated carbocycles. The van der Waals surface area contributed by atoms with E-state index in [1.54, 1.807) is 54.6 Å². The third kappa shape index (κ3) is 4.70. The summed E-state index contributed by atoms with van der Waals surface area (Å²) in [6.45, 7) is 0. The van der Waals surface area contributed by atoms with Gasteiger partial charge in [-0.25, -0.2) is 0 Å². The lowest BCUT2D eigenvalue weighted by Crippen LogP contribution is -2.29. The summed E-state index contributed by atoms with van der Waals surface area (Å²) in [5, 5.41) is 162. The van der Waals surface area contributed by atoms with Gasteiger partial charge in [0.25, 0.3) is 0 Å². The highest BCUT2D eigenvalue weighted by atomic mass is 16.4. The number of phenolic OH excluding ortho intramolecular Hbond substituents is 15. The van der Waals surface area contributed by atoms with Gasteiger partial charge in [0.05, 0.1) is 21.7 Å². The molecular weight excluding hydrogens is 772 g/mol. The van der Waals surface area contributed by atoms with E-state index in [0.717, 1.165) is 0 Å². The second-order valence-corrected chi connectivity index (χ2v) is 14.1. The van der Waals surface area contributed by atoms with E-state index in [1.165, 1.54) is 0 Å². The number of aromatic hydroxyl groups is 15. The number of phenols is 15. The Kier molecular flexibility index (Phi) is 7.56. The summed E-state index contributed by atoms with van der Waals surface area (Å²) in [5.41, 5.74) is 0.238. The van der Waals surface area contributed by atoms with E-state index >= 15 is 0 Å². The topological polar surface area (TPSA) is 317 Å². The Bertz CT molecular complexity index is 3220. The Morgan fingerprint density at radius 2 is 0.881 bits per heavy atom. The highest BCUT2D eigenvalue weighted by molar-refractivity contribution is 6.19. The van der Waals surface area contributed by atoms with E-state index in [9.17, 15) is 76.6 Å². The Labute approximate surface area is 328 Å². The van der Waals surface area contributed by atoms with Crippen molar-refractivity contribution in [2.24, 2.45) is 0 Å². The molecule has 9 rings (SSSR count). The van der Waals surface area contributed by atoms with Crippen LogP contribution in [0.5, 0.6) is 86.2 Å². The monoisotopic (exact) mass is 802 g/mol. The highest BCUT2D eigenvalue weighted by Gasteiger charge is 2.36. The maximum Gasteiger partial charge on any atom is 0.208 e. The number of fused-ring (bicyclic) bond motifs is 7. The molecule has 15 N–H and O–H groups in total. The van der Waals surface area contributed by atoms with Crippen molar-refractivity contribution in [1.29, 1.82) is 0 Å². The van der Waals surface area contributed by atoms with Crippen LogP contribution in [0, 0.1) is 0 Å². The molecule has 0 saturated heterocycles. The number of furan rings is 1. The predicted octanol–water partition coefficient (Wildman–Crippen LogP) is 4.82. The second-order valence-electron chi connectivity index (χ2n) is 14.1. The molecule has 6 aromatic carbocycles. The average molecular weight is 803 g/mol. The fourth-order valence-corrected chi connectivity index (χ4v) is 8.34. The molecule has 0 bridgehead atoms. The van der Waals surface area contributed by atoms with Crippen LogP contribution in [0.1, 0.15) is 34.4 Å². The summed E-state index contributed by atoms with van der Waals surface area (Å²) in [4.78, 5) is 0. The van der Waals surface area contributed by atoms with Crippen LogP contribution in [-0.4, -0.2) is 76.6 Å². The quantitative estimate of drug-likeness (QED) is 0.0841. The molecule has 1 heterocycles. The lowest BCUT2D eigenvalue weighted by Gasteiger charge is -2.22. The van der Waals surface area contributed by atoms with E-state index in [-0.39, 0.29) is 40.3 Å². The Hall–Kier alpha value is -8.40. The molecule has 0 fully saturated rings. The lowest BCUT2D eigenvalue weighted by atomic mass is 9.84. The van der Waals surface area contributed by atoms with Crippen molar-refractivity contribution >= 4 is 39.0 Å². The highest BCUT2D eigenvalue weighted by Crippen LogP contribution is 2.62. The number of rotatable bonds is 3. The summed E-state index contributed by atoms with van der Waals surface area (Å²) >= 11 is 0. The minimum atomic E-state index is -1.32. The van der Waals surface area contributed by atoms with Crippen LogP contribution < -0.4 is 10.4 Å². The fourth-order valence-electron chi connectivity index (χ4n) is 8.34. The van der Waals surface area contributed by atoms with Crippen LogP contribution in [0.15, 0.2) is 58.5 Å². The maximum atomic E-state index is 11.7. The van der Waals surface area contributed by atoms with Crippen molar-refractivity contribution in [3.63, 3.8) is 0 Å². The average Bonchev–Trinajstić information content (AvgIpc) is 3.55. The predicted molar refractivity (Wildman–Crippen MR) is 208 cm³/mol. The van der Waals surface area contributed by atoms with Gasteiger partial charge in [-0.2, -0.15) is 0 Å². The van der Waals surface area contributed by atoms with Gasteiger partial charge in [-0.3, -0.25) is 0 Å². The van der Waals surface area contributed by atoms with Crippen molar-refractivity contribution in [3.8, 4) is 97.4 Å². The SMILES string of the molecule is Oc1c(O)c(O)c(-c2c(O)c(O)c(O)c(O)c2C2=c3ccccc3=C(C3=Cc4c(oc5c4c(O)c(O)c4c(O)c(O)c(O)c(O)c45)CC3)Cc3ccccc32)c(O)c1O. The summed E-state index contributed by atoms with van der Waals surface area (Å²) in [6.07, 6.45) is 2.34. The molecule has 16 heteroatoms. The third-order valence-corrected chi connectivity index (χ3v) is 11.1. The van der Waals surface area contributed by atoms with Gasteiger partial charge < -0.3 is 81.0 Å². The van der Waals surface area contributed by atoms with E-state index in [1.807, 2.05) is 0 Å². The normalized spacial score (nSPS) is 13.6. The molecule has 0 unspecified atom stereocenters. The first kappa shape index (κ1) is 36.3. The van der Waals surface area contributed by atoms with Crippen molar-refractivity contribution in [3.05, 3.63) is 92.6 Å². The number of hydrogen-bond acceptors (Lipinski definition) is 16. The van der Waals surface area contributed by atoms with Gasteiger partial charge in [0, 0.05) is 28.7 Å². The molecular formula is C43H30O16. The summed E-state index contributed by atoms with van der Waals surface area (Å²) < 4.78 is 6.09. The first-order valence-corrected chi connectivity index (χ1v) is 17.7. The second kappa shape index (κ2) is 12.3. The fraction of sp³-hybridized carbons (Fsp3) is 0.0698. The van der Waals surface area contributed by atoms with Gasteiger partial charge in [-0.1, -0.05) is 48.5 Å². The molecule has 1 aromatic heterocycles. The zero-order chi connectivity index (χ0) is 42.1. The molecule has 298 valence electrons. The van der Waals surface area contributed by atoms with Gasteiger partial charge in [0.1, 0.15) is 5.76 Å². The van der Waals surface area contributed by atoms with E-state index in [2.05, 4.69) is 0 Å². The number of benzene rings is 6. The van der Waals surface area contributed by atoms with Crippen LogP contribution in [-0.2, 0) is 12.8 Å². The standard InChI is InChI=1S/C43H30O16/c44-28-22-19-12-14(9-10-20(19)59-43(22)27-26(31(28)47)34(50)38(54)41(57)35(27)51)18-11-13-5-1-2-6-15(13)21(17-8-4-3-7-16(17)18)23-24(30(46)37(53)36(52)29(23)45)25-32(48)39(55)42(58)40(56)33(25)49/h1-8,12,44-58H,9-11H2. The van der Waals surface area contributed by atoms with Gasteiger partial charge >= 0.3 is 0 Å². The summed E-state index contributed by atoms with van der Waals surface area (Å²) in [7, 11) is 0. The van der Waals surface area contributed by atoms with Crippen LogP contribution in [0.2, 0.25) is 0 Å². The van der Waals surface area contributed by atoms with Crippen molar-refractivity contribution < 1.29 is 81.0 Å². The molecule has 0 spiro atoms. The van der Waals surface area contributed by atoms with Crippen LogP contribution in [0.25, 0.3) is 50.1 Å². The summed E-state index contributed by atoms with van der Waals surface area (Å²) in [6, 6.07) is 13.5.